The number of carbonyl (C=O) groups excluding carboxylic acids is 1. The zero-order valence-corrected chi connectivity index (χ0v) is 11.4. The van der Waals surface area contributed by atoms with Crippen molar-refractivity contribution < 1.29 is 4.79 Å². The van der Waals surface area contributed by atoms with Crippen LogP contribution in [0.15, 0.2) is 30.3 Å². The summed E-state index contributed by atoms with van der Waals surface area (Å²) in [6, 6.07) is 11.0. The molecule has 1 saturated heterocycles. The lowest BCUT2D eigenvalue weighted by Crippen LogP contribution is -2.47. The number of likely N-dealkylation sites (tertiary alicyclic amines) is 1. The second kappa shape index (κ2) is 6.14. The maximum absolute atomic E-state index is 11.6. The molecule has 2 nitrogen and oxygen atoms in total. The normalized spacial score (nSPS) is 25.3. The van der Waals surface area contributed by atoms with Gasteiger partial charge in [-0.1, -0.05) is 37.3 Å². The number of aryl methyl sites for hydroxylation is 1. The molecule has 1 aliphatic heterocycles. The van der Waals surface area contributed by atoms with Crippen molar-refractivity contribution in [3.05, 3.63) is 35.9 Å². The minimum atomic E-state index is 0.204. The standard InChI is InChI=1S/C16H23NO/c1-13-14(2)17(12-10-16(13)18)11-6-9-15-7-4-3-5-8-15/h3-5,7-8,13-14H,6,9-12H2,1-2H3. The predicted molar refractivity (Wildman–Crippen MR) is 74.6 cm³/mol. The fraction of sp³-hybridized carbons (Fsp3) is 0.562. The SMILES string of the molecule is CC1C(=O)CCN(CCCc2ccccc2)C1C. The van der Waals surface area contributed by atoms with Gasteiger partial charge in [-0.05, 0) is 31.9 Å². The van der Waals surface area contributed by atoms with Crippen molar-refractivity contribution in [1.29, 1.82) is 0 Å². The Balaban J connectivity index is 1.78. The van der Waals surface area contributed by atoms with Crippen LogP contribution in [0.25, 0.3) is 0 Å². The largest absolute Gasteiger partial charge is 0.300 e. The molecule has 2 unspecified atom stereocenters. The third-order valence-electron chi connectivity index (χ3n) is 4.21. The summed E-state index contributed by atoms with van der Waals surface area (Å²) in [5.74, 6) is 0.636. The number of rotatable bonds is 4. The first kappa shape index (κ1) is 13.3. The van der Waals surface area contributed by atoms with Gasteiger partial charge >= 0.3 is 0 Å². The summed E-state index contributed by atoms with van der Waals surface area (Å²) in [7, 11) is 0. The molecule has 0 bridgehead atoms. The van der Waals surface area contributed by atoms with Crippen molar-refractivity contribution in [3.63, 3.8) is 0 Å². The summed E-state index contributed by atoms with van der Waals surface area (Å²) in [6.07, 6.45) is 3.04. The topological polar surface area (TPSA) is 20.3 Å². The van der Waals surface area contributed by atoms with E-state index in [-0.39, 0.29) is 5.92 Å². The second-order valence-corrected chi connectivity index (χ2v) is 5.37. The van der Waals surface area contributed by atoms with Gasteiger partial charge in [0.2, 0.25) is 0 Å². The van der Waals surface area contributed by atoms with E-state index in [1.807, 2.05) is 0 Å². The fourth-order valence-corrected chi connectivity index (χ4v) is 2.72. The van der Waals surface area contributed by atoms with Gasteiger partial charge in [-0.15, -0.1) is 0 Å². The molecule has 0 aliphatic carbocycles. The van der Waals surface area contributed by atoms with E-state index in [9.17, 15) is 4.79 Å². The first-order valence-corrected chi connectivity index (χ1v) is 6.99. The van der Waals surface area contributed by atoms with Crippen molar-refractivity contribution in [2.75, 3.05) is 13.1 Å². The van der Waals surface area contributed by atoms with Gasteiger partial charge in [0.1, 0.15) is 5.78 Å². The highest BCUT2D eigenvalue weighted by molar-refractivity contribution is 5.82. The molecule has 0 N–H and O–H groups in total. The lowest BCUT2D eigenvalue weighted by Gasteiger charge is -2.36. The molecular formula is C16H23NO. The van der Waals surface area contributed by atoms with Crippen molar-refractivity contribution in [1.82, 2.24) is 4.90 Å². The van der Waals surface area contributed by atoms with Gasteiger partial charge in [0, 0.05) is 24.9 Å². The average Bonchev–Trinajstić information content (AvgIpc) is 2.40. The minimum absolute atomic E-state index is 0.204. The van der Waals surface area contributed by atoms with Gasteiger partial charge in [-0.3, -0.25) is 9.69 Å². The number of hydrogen-bond donors (Lipinski definition) is 0. The van der Waals surface area contributed by atoms with Crippen molar-refractivity contribution >= 4 is 5.78 Å². The molecule has 2 heteroatoms. The summed E-state index contributed by atoms with van der Waals surface area (Å²) in [5.41, 5.74) is 1.41. The van der Waals surface area contributed by atoms with Crippen LogP contribution in [0.5, 0.6) is 0 Å². The molecule has 2 rings (SSSR count). The molecule has 2 atom stereocenters. The lowest BCUT2D eigenvalue weighted by atomic mass is 9.90. The van der Waals surface area contributed by atoms with Gasteiger partial charge in [0.05, 0.1) is 0 Å². The van der Waals surface area contributed by atoms with E-state index in [0.717, 1.165) is 25.9 Å². The number of ketones is 1. The molecule has 0 saturated carbocycles. The van der Waals surface area contributed by atoms with E-state index in [0.29, 0.717) is 11.8 Å². The third-order valence-corrected chi connectivity index (χ3v) is 4.21. The average molecular weight is 245 g/mol. The van der Waals surface area contributed by atoms with Gasteiger partial charge in [-0.2, -0.15) is 0 Å². The highest BCUT2D eigenvalue weighted by atomic mass is 16.1. The lowest BCUT2D eigenvalue weighted by molar-refractivity contribution is -0.127. The molecule has 1 heterocycles. The monoisotopic (exact) mass is 245 g/mol. The zero-order valence-electron chi connectivity index (χ0n) is 11.4. The van der Waals surface area contributed by atoms with Crippen LogP contribution >= 0.6 is 0 Å². The van der Waals surface area contributed by atoms with Crippen LogP contribution in [0.1, 0.15) is 32.3 Å². The number of piperidine rings is 1. The summed E-state index contributed by atoms with van der Waals surface area (Å²) >= 11 is 0. The Morgan fingerprint density at radius 2 is 1.94 bits per heavy atom. The van der Waals surface area contributed by atoms with Gasteiger partial charge in [0.15, 0.2) is 0 Å². The van der Waals surface area contributed by atoms with Crippen LogP contribution in [-0.4, -0.2) is 29.8 Å². The zero-order chi connectivity index (χ0) is 13.0. The van der Waals surface area contributed by atoms with Crippen molar-refractivity contribution in [2.24, 2.45) is 5.92 Å². The molecular weight excluding hydrogens is 222 g/mol. The molecule has 1 fully saturated rings. The molecule has 0 radical (unpaired) electrons. The van der Waals surface area contributed by atoms with E-state index >= 15 is 0 Å². The van der Waals surface area contributed by atoms with Crippen molar-refractivity contribution in [2.45, 2.75) is 39.2 Å². The Labute approximate surface area is 110 Å². The molecule has 1 aliphatic rings. The van der Waals surface area contributed by atoms with Crippen LogP contribution in [-0.2, 0) is 11.2 Å². The quantitative estimate of drug-likeness (QED) is 0.813. The van der Waals surface area contributed by atoms with Crippen LogP contribution in [0, 0.1) is 5.92 Å². The number of nitrogens with zero attached hydrogens (tertiary/aromatic N) is 1. The second-order valence-electron chi connectivity index (χ2n) is 5.37. The van der Waals surface area contributed by atoms with Gasteiger partial charge in [-0.25, -0.2) is 0 Å². The Morgan fingerprint density at radius 3 is 2.67 bits per heavy atom. The van der Waals surface area contributed by atoms with Crippen molar-refractivity contribution in [3.8, 4) is 0 Å². The summed E-state index contributed by atoms with van der Waals surface area (Å²) in [4.78, 5) is 14.1. The van der Waals surface area contributed by atoms with Crippen LogP contribution < -0.4 is 0 Å². The van der Waals surface area contributed by atoms with Crippen LogP contribution in [0.2, 0.25) is 0 Å². The Hall–Kier alpha value is -1.15. The Morgan fingerprint density at radius 1 is 1.22 bits per heavy atom. The molecule has 1 aromatic rings. The summed E-state index contributed by atoms with van der Waals surface area (Å²) in [6.45, 7) is 6.30. The van der Waals surface area contributed by atoms with Gasteiger partial charge in [0.25, 0.3) is 0 Å². The van der Waals surface area contributed by atoms with E-state index in [1.54, 1.807) is 0 Å². The fourth-order valence-electron chi connectivity index (χ4n) is 2.72. The Bertz CT molecular complexity index is 387. The van der Waals surface area contributed by atoms with E-state index in [1.165, 1.54) is 12.0 Å². The summed E-state index contributed by atoms with van der Waals surface area (Å²) < 4.78 is 0. The third kappa shape index (κ3) is 3.20. The first-order chi connectivity index (χ1) is 8.68. The smallest absolute Gasteiger partial charge is 0.138 e. The maximum Gasteiger partial charge on any atom is 0.138 e. The molecule has 0 spiro atoms. The van der Waals surface area contributed by atoms with E-state index < -0.39 is 0 Å². The number of benzene rings is 1. The number of carbonyl (C=O) groups is 1. The number of Topliss-reactive ketones (excluding diaryl/α,β-unsaturated/α-hetero) is 1. The first-order valence-electron chi connectivity index (χ1n) is 6.99. The van der Waals surface area contributed by atoms with E-state index in [4.69, 9.17) is 0 Å². The predicted octanol–water partition coefficient (Wildman–Crippen LogP) is 2.92. The van der Waals surface area contributed by atoms with E-state index in [2.05, 4.69) is 49.1 Å². The summed E-state index contributed by atoms with van der Waals surface area (Å²) in [5, 5.41) is 0. The Kier molecular flexibility index (Phi) is 4.54. The molecule has 0 aromatic heterocycles. The maximum atomic E-state index is 11.6. The van der Waals surface area contributed by atoms with Crippen LogP contribution in [0.3, 0.4) is 0 Å². The van der Waals surface area contributed by atoms with Crippen LogP contribution in [0.4, 0.5) is 0 Å². The molecule has 18 heavy (non-hydrogen) atoms. The molecule has 98 valence electrons. The molecule has 1 aromatic carbocycles. The molecule has 0 amide bonds. The van der Waals surface area contributed by atoms with Gasteiger partial charge < -0.3 is 0 Å². The highest BCUT2D eigenvalue weighted by Crippen LogP contribution is 2.20. The minimum Gasteiger partial charge on any atom is -0.300 e. The highest BCUT2D eigenvalue weighted by Gasteiger charge is 2.29. The number of hydrogen-bond acceptors (Lipinski definition) is 2.